The number of aryl methyl sites for hydroxylation is 1. The fraction of sp³-hybridized carbons (Fsp3) is 0.250. The van der Waals surface area contributed by atoms with Crippen molar-refractivity contribution in [3.05, 3.63) is 35.8 Å². The third-order valence-electron chi connectivity index (χ3n) is 2.49. The summed E-state index contributed by atoms with van der Waals surface area (Å²) in [5.41, 5.74) is 5.04. The second-order valence-electron chi connectivity index (χ2n) is 3.72. The minimum atomic E-state index is -0.283. The van der Waals surface area contributed by atoms with E-state index in [1.54, 1.807) is 6.07 Å². The predicted molar refractivity (Wildman–Crippen MR) is 63.5 cm³/mol. The number of pyridine rings is 1. The first kappa shape index (κ1) is 10.8. The molecule has 1 aromatic heterocycles. The van der Waals surface area contributed by atoms with Crippen LogP contribution in [0.1, 0.15) is 19.0 Å². The lowest BCUT2D eigenvalue weighted by atomic mass is 10.1. The molecule has 0 aliphatic carbocycles. The minimum absolute atomic E-state index is 0.283. The third kappa shape index (κ3) is 1.97. The van der Waals surface area contributed by atoms with Crippen LogP contribution in [0.4, 0.5) is 10.1 Å². The first-order valence-corrected chi connectivity index (χ1v) is 5.30. The van der Waals surface area contributed by atoms with Crippen LogP contribution in [0, 0.1) is 5.82 Å². The van der Waals surface area contributed by atoms with Crippen molar-refractivity contribution in [3.8, 4) is 0 Å². The van der Waals surface area contributed by atoms with Crippen molar-refractivity contribution in [1.82, 2.24) is 4.98 Å². The lowest BCUT2D eigenvalue weighted by Crippen LogP contribution is -2.08. The van der Waals surface area contributed by atoms with Crippen molar-refractivity contribution in [1.29, 1.82) is 0 Å². The molecular formula is C12H14FN3. The standard InChI is InChI=1S/C12H14FN3/c1-2-3-9-7-12(16-14)10-6-8(13)4-5-11(10)15-9/h4-7H,2-3,14H2,1H3,(H,15,16). The summed E-state index contributed by atoms with van der Waals surface area (Å²) in [7, 11) is 0. The Morgan fingerprint density at radius 2 is 2.19 bits per heavy atom. The molecule has 0 saturated heterocycles. The predicted octanol–water partition coefficient (Wildman–Crippen LogP) is 2.61. The van der Waals surface area contributed by atoms with Gasteiger partial charge in [0.2, 0.25) is 0 Å². The van der Waals surface area contributed by atoms with E-state index < -0.39 is 0 Å². The maximum atomic E-state index is 13.1. The Hall–Kier alpha value is -1.68. The minimum Gasteiger partial charge on any atom is -0.323 e. The normalized spacial score (nSPS) is 10.7. The first-order chi connectivity index (χ1) is 7.74. The summed E-state index contributed by atoms with van der Waals surface area (Å²) < 4.78 is 13.1. The number of nitrogens with one attached hydrogen (secondary N) is 1. The molecule has 1 heterocycles. The number of rotatable bonds is 3. The van der Waals surface area contributed by atoms with Gasteiger partial charge in [-0.1, -0.05) is 13.3 Å². The van der Waals surface area contributed by atoms with Crippen LogP contribution in [0.15, 0.2) is 24.3 Å². The number of hydrazine groups is 1. The van der Waals surface area contributed by atoms with Crippen LogP contribution in [0.5, 0.6) is 0 Å². The maximum Gasteiger partial charge on any atom is 0.124 e. The summed E-state index contributed by atoms with van der Waals surface area (Å²) in [6.07, 6.45) is 1.91. The van der Waals surface area contributed by atoms with Gasteiger partial charge in [-0.2, -0.15) is 0 Å². The lowest BCUT2D eigenvalue weighted by Gasteiger charge is -2.08. The van der Waals surface area contributed by atoms with E-state index in [1.165, 1.54) is 12.1 Å². The molecule has 0 unspecified atom stereocenters. The van der Waals surface area contributed by atoms with Crippen molar-refractivity contribution < 1.29 is 4.39 Å². The second kappa shape index (κ2) is 4.45. The van der Waals surface area contributed by atoms with E-state index in [-0.39, 0.29) is 5.82 Å². The monoisotopic (exact) mass is 219 g/mol. The maximum absolute atomic E-state index is 13.1. The van der Waals surface area contributed by atoms with Crippen molar-refractivity contribution in [2.45, 2.75) is 19.8 Å². The Morgan fingerprint density at radius 1 is 1.38 bits per heavy atom. The van der Waals surface area contributed by atoms with Crippen molar-refractivity contribution in [2.75, 3.05) is 5.43 Å². The summed E-state index contributed by atoms with van der Waals surface area (Å²) in [5, 5.41) is 0.711. The molecule has 84 valence electrons. The molecule has 0 fully saturated rings. The quantitative estimate of drug-likeness (QED) is 0.616. The van der Waals surface area contributed by atoms with Crippen LogP contribution >= 0.6 is 0 Å². The highest BCUT2D eigenvalue weighted by Crippen LogP contribution is 2.23. The van der Waals surface area contributed by atoms with E-state index in [1.807, 2.05) is 6.07 Å². The van der Waals surface area contributed by atoms with Gasteiger partial charge in [0.25, 0.3) is 0 Å². The molecule has 3 N–H and O–H groups in total. The summed E-state index contributed by atoms with van der Waals surface area (Å²) in [5.74, 6) is 5.15. The number of nitrogen functional groups attached to an aromatic ring is 1. The smallest absolute Gasteiger partial charge is 0.124 e. The molecule has 0 saturated carbocycles. The number of benzene rings is 1. The van der Waals surface area contributed by atoms with E-state index >= 15 is 0 Å². The molecule has 2 rings (SSSR count). The van der Waals surface area contributed by atoms with E-state index in [2.05, 4.69) is 17.3 Å². The van der Waals surface area contributed by atoms with Gasteiger partial charge in [0.15, 0.2) is 0 Å². The van der Waals surface area contributed by atoms with Crippen LogP contribution in [0.3, 0.4) is 0 Å². The van der Waals surface area contributed by atoms with E-state index in [9.17, 15) is 4.39 Å². The molecule has 0 radical (unpaired) electrons. The van der Waals surface area contributed by atoms with Crippen LogP contribution in [0.25, 0.3) is 10.9 Å². The number of hydrogen-bond donors (Lipinski definition) is 2. The highest BCUT2D eigenvalue weighted by Gasteiger charge is 2.05. The van der Waals surface area contributed by atoms with Gasteiger partial charge in [0, 0.05) is 11.1 Å². The van der Waals surface area contributed by atoms with Gasteiger partial charge in [-0.25, -0.2) is 4.39 Å². The van der Waals surface area contributed by atoms with E-state index in [4.69, 9.17) is 5.84 Å². The molecule has 4 heteroatoms. The third-order valence-corrected chi connectivity index (χ3v) is 2.49. The SMILES string of the molecule is CCCc1cc(NN)c2cc(F)ccc2n1. The van der Waals surface area contributed by atoms with Gasteiger partial charge >= 0.3 is 0 Å². The van der Waals surface area contributed by atoms with Gasteiger partial charge in [-0.05, 0) is 30.7 Å². The Bertz CT molecular complexity index is 511. The number of nitrogens with zero attached hydrogens (tertiary/aromatic N) is 1. The van der Waals surface area contributed by atoms with Gasteiger partial charge in [0.05, 0.1) is 11.2 Å². The fourth-order valence-electron chi connectivity index (χ4n) is 1.76. The Labute approximate surface area is 93.5 Å². The molecule has 16 heavy (non-hydrogen) atoms. The van der Waals surface area contributed by atoms with Crippen LogP contribution in [0.2, 0.25) is 0 Å². The number of nitrogens with two attached hydrogens (primary N) is 1. The summed E-state index contributed by atoms with van der Waals surface area (Å²) in [4.78, 5) is 4.45. The number of halogens is 1. The molecule has 1 aromatic carbocycles. The average Bonchev–Trinajstić information content (AvgIpc) is 2.29. The number of hydrogen-bond acceptors (Lipinski definition) is 3. The molecular weight excluding hydrogens is 205 g/mol. The zero-order valence-corrected chi connectivity index (χ0v) is 9.13. The zero-order chi connectivity index (χ0) is 11.5. The fourth-order valence-corrected chi connectivity index (χ4v) is 1.76. The van der Waals surface area contributed by atoms with Crippen LogP contribution in [-0.2, 0) is 6.42 Å². The molecule has 3 nitrogen and oxygen atoms in total. The molecule has 2 aromatic rings. The molecule has 0 atom stereocenters. The lowest BCUT2D eigenvalue weighted by molar-refractivity contribution is 0.629. The molecule has 0 aliphatic rings. The van der Waals surface area contributed by atoms with Crippen molar-refractivity contribution in [3.63, 3.8) is 0 Å². The van der Waals surface area contributed by atoms with E-state index in [0.717, 1.165) is 24.1 Å². The Morgan fingerprint density at radius 3 is 2.88 bits per heavy atom. The van der Waals surface area contributed by atoms with Crippen molar-refractivity contribution in [2.24, 2.45) is 5.84 Å². The number of anilines is 1. The number of fused-ring (bicyclic) bond motifs is 1. The van der Waals surface area contributed by atoms with Crippen LogP contribution in [-0.4, -0.2) is 4.98 Å². The molecule has 0 spiro atoms. The topological polar surface area (TPSA) is 50.9 Å². The molecule has 0 bridgehead atoms. The first-order valence-electron chi connectivity index (χ1n) is 5.30. The van der Waals surface area contributed by atoms with Gasteiger partial charge < -0.3 is 5.43 Å². The summed E-state index contributed by atoms with van der Waals surface area (Å²) >= 11 is 0. The van der Waals surface area contributed by atoms with Gasteiger partial charge in [-0.3, -0.25) is 10.8 Å². The highest BCUT2D eigenvalue weighted by molar-refractivity contribution is 5.91. The second-order valence-corrected chi connectivity index (χ2v) is 3.72. The highest BCUT2D eigenvalue weighted by atomic mass is 19.1. The Balaban J connectivity index is 2.63. The number of aromatic nitrogens is 1. The molecule has 0 amide bonds. The van der Waals surface area contributed by atoms with Gasteiger partial charge in [-0.15, -0.1) is 0 Å². The van der Waals surface area contributed by atoms with Crippen molar-refractivity contribution >= 4 is 16.6 Å². The summed E-state index contributed by atoms with van der Waals surface area (Å²) in [6, 6.07) is 6.38. The largest absolute Gasteiger partial charge is 0.323 e. The zero-order valence-electron chi connectivity index (χ0n) is 9.13. The van der Waals surface area contributed by atoms with Gasteiger partial charge in [0.1, 0.15) is 5.82 Å². The molecule has 0 aliphatic heterocycles. The average molecular weight is 219 g/mol. The Kier molecular flexibility index (Phi) is 3.01. The van der Waals surface area contributed by atoms with E-state index in [0.29, 0.717) is 11.1 Å². The summed E-state index contributed by atoms with van der Waals surface area (Å²) in [6.45, 7) is 2.09. The van der Waals surface area contributed by atoms with Crippen LogP contribution < -0.4 is 11.3 Å².